The Morgan fingerprint density at radius 1 is 1.26 bits per heavy atom. The minimum Gasteiger partial charge on any atom is -0.479 e. The molecular weight excluding hydrogens is 430 g/mol. The number of likely N-dealkylation sites (tertiary alicyclic amines) is 1. The number of thiophene rings is 1. The van der Waals surface area contributed by atoms with Crippen LogP contribution in [0.25, 0.3) is 0 Å². The number of fused-ring (bicyclic) bond motifs is 1. The van der Waals surface area contributed by atoms with E-state index in [-0.39, 0.29) is 17.8 Å². The quantitative estimate of drug-likeness (QED) is 0.640. The molecule has 2 atom stereocenters. The van der Waals surface area contributed by atoms with Gasteiger partial charge in [-0.3, -0.25) is 9.69 Å². The monoisotopic (exact) mass is 453 g/mol. The molecule has 1 amide bonds. The summed E-state index contributed by atoms with van der Waals surface area (Å²) < 4.78 is 16.1. The average Bonchev–Trinajstić information content (AvgIpc) is 3.48. The summed E-state index contributed by atoms with van der Waals surface area (Å²) in [4.78, 5) is 36.4. The van der Waals surface area contributed by atoms with Crippen molar-refractivity contribution in [1.82, 2.24) is 15.0 Å². The van der Waals surface area contributed by atoms with Crippen molar-refractivity contribution >= 4 is 29.2 Å². The van der Waals surface area contributed by atoms with Crippen molar-refractivity contribution in [3.63, 3.8) is 0 Å². The van der Waals surface area contributed by atoms with E-state index in [0.717, 1.165) is 19.6 Å². The molecule has 0 saturated carbocycles. The highest BCUT2D eigenvalue weighted by Crippen LogP contribution is 2.26. The van der Waals surface area contributed by atoms with Crippen LogP contribution in [0.2, 0.25) is 0 Å². The molecule has 168 valence electrons. The van der Waals surface area contributed by atoms with Gasteiger partial charge >= 0.3 is 11.9 Å². The lowest BCUT2D eigenvalue weighted by Gasteiger charge is -2.22. The van der Waals surface area contributed by atoms with Crippen LogP contribution in [0.3, 0.4) is 0 Å². The third-order valence-electron chi connectivity index (χ3n) is 4.95. The second kappa shape index (κ2) is 10.4. The van der Waals surface area contributed by atoms with Gasteiger partial charge in [0.1, 0.15) is 0 Å². The van der Waals surface area contributed by atoms with Crippen LogP contribution in [0, 0.1) is 5.92 Å². The molecule has 0 aromatic carbocycles. The molecule has 0 unspecified atom stereocenters. The lowest BCUT2D eigenvalue weighted by Crippen LogP contribution is -2.33. The number of methoxy groups -OCH3 is 1. The number of carbonyl (C=O) groups is 3. The second-order valence-corrected chi connectivity index (χ2v) is 8.07. The van der Waals surface area contributed by atoms with Crippen molar-refractivity contribution in [2.45, 2.75) is 12.6 Å². The largest absolute Gasteiger partial charge is 0.479 e. The fourth-order valence-corrected chi connectivity index (χ4v) is 4.25. The summed E-state index contributed by atoms with van der Waals surface area (Å²) in [5, 5.41) is 20.6. The standard InChI is InChI=1S/C17H21N3O4S.C2H2O4/c1-22-16-7-14(24-18-16)17(21)20-9-12-8-19(4-5-23-15(12)11-20)10-13-3-2-6-25-13;3-1(4)2(5)6/h2-3,6-7,12,15H,4-5,8-11H2,1H3;(H,3,4)(H,5,6)/t12-,15+;/m0./s1. The van der Waals surface area contributed by atoms with Gasteiger partial charge in [-0.2, -0.15) is 0 Å². The number of nitrogens with zero attached hydrogens (tertiary/aromatic N) is 3. The Labute approximate surface area is 181 Å². The highest BCUT2D eigenvalue weighted by atomic mass is 32.1. The average molecular weight is 453 g/mol. The molecule has 0 radical (unpaired) electrons. The van der Waals surface area contributed by atoms with E-state index >= 15 is 0 Å². The summed E-state index contributed by atoms with van der Waals surface area (Å²) in [5.41, 5.74) is 0. The van der Waals surface area contributed by atoms with Gasteiger partial charge in [-0.15, -0.1) is 11.3 Å². The van der Waals surface area contributed by atoms with Crippen molar-refractivity contribution in [3.05, 3.63) is 34.2 Å². The minimum atomic E-state index is -1.82. The zero-order valence-electron chi connectivity index (χ0n) is 16.8. The van der Waals surface area contributed by atoms with E-state index in [2.05, 4.69) is 27.6 Å². The lowest BCUT2D eigenvalue weighted by molar-refractivity contribution is -0.159. The maximum atomic E-state index is 12.6. The molecule has 0 spiro atoms. The summed E-state index contributed by atoms with van der Waals surface area (Å²) in [6, 6.07) is 5.77. The summed E-state index contributed by atoms with van der Waals surface area (Å²) in [6.45, 7) is 4.78. The zero-order valence-corrected chi connectivity index (χ0v) is 17.6. The predicted octanol–water partition coefficient (Wildman–Crippen LogP) is 0.873. The van der Waals surface area contributed by atoms with Crippen molar-refractivity contribution < 1.29 is 38.6 Å². The topological polar surface area (TPSA) is 143 Å². The van der Waals surface area contributed by atoms with Crippen LogP contribution < -0.4 is 4.74 Å². The number of hydrogen-bond donors (Lipinski definition) is 2. The van der Waals surface area contributed by atoms with E-state index in [1.807, 2.05) is 0 Å². The first kappa shape index (κ1) is 22.7. The number of ether oxygens (including phenoxy) is 2. The molecule has 2 fully saturated rings. The summed E-state index contributed by atoms with van der Waals surface area (Å²) in [5.74, 6) is -2.96. The molecular formula is C19H23N3O8S. The number of carbonyl (C=O) groups excluding carboxylic acids is 1. The van der Waals surface area contributed by atoms with Crippen LogP contribution >= 0.6 is 11.3 Å². The number of amides is 1. The van der Waals surface area contributed by atoms with Crippen LogP contribution in [-0.2, 0) is 20.9 Å². The van der Waals surface area contributed by atoms with Gasteiger partial charge in [0.05, 0.1) is 25.9 Å². The van der Waals surface area contributed by atoms with Gasteiger partial charge in [-0.1, -0.05) is 6.07 Å². The fraction of sp³-hybridized carbons (Fsp3) is 0.474. The van der Waals surface area contributed by atoms with Gasteiger partial charge in [0.2, 0.25) is 5.76 Å². The molecule has 12 heteroatoms. The normalized spacial score (nSPS) is 20.9. The maximum Gasteiger partial charge on any atom is 0.414 e. The Balaban J connectivity index is 0.000000401. The molecule has 0 bridgehead atoms. The van der Waals surface area contributed by atoms with Gasteiger partial charge in [0.15, 0.2) is 0 Å². The smallest absolute Gasteiger partial charge is 0.414 e. The molecule has 2 saturated heterocycles. The second-order valence-electron chi connectivity index (χ2n) is 7.04. The maximum absolute atomic E-state index is 12.6. The van der Waals surface area contributed by atoms with Crippen LogP contribution in [0.5, 0.6) is 5.88 Å². The summed E-state index contributed by atoms with van der Waals surface area (Å²) in [7, 11) is 1.50. The van der Waals surface area contributed by atoms with E-state index in [4.69, 9.17) is 33.8 Å². The lowest BCUT2D eigenvalue weighted by atomic mass is 10.1. The molecule has 31 heavy (non-hydrogen) atoms. The highest BCUT2D eigenvalue weighted by molar-refractivity contribution is 7.09. The zero-order chi connectivity index (χ0) is 22.4. The molecule has 2 aromatic heterocycles. The van der Waals surface area contributed by atoms with Crippen molar-refractivity contribution in [2.24, 2.45) is 5.92 Å². The van der Waals surface area contributed by atoms with Crippen LogP contribution in [0.4, 0.5) is 0 Å². The Bertz CT molecular complexity index is 888. The third kappa shape index (κ3) is 6.03. The molecule has 4 rings (SSSR count). The van der Waals surface area contributed by atoms with E-state index in [1.54, 1.807) is 16.2 Å². The number of carboxylic acids is 2. The number of aromatic nitrogens is 1. The Morgan fingerprint density at radius 3 is 2.65 bits per heavy atom. The highest BCUT2D eigenvalue weighted by Gasteiger charge is 2.39. The number of carboxylic acid groups (broad SMARTS) is 2. The number of aliphatic carboxylic acids is 2. The summed E-state index contributed by atoms with van der Waals surface area (Å²) >= 11 is 1.78. The van der Waals surface area contributed by atoms with Crippen molar-refractivity contribution in [2.75, 3.05) is 39.9 Å². The number of hydrogen-bond acceptors (Lipinski definition) is 9. The first-order valence-corrected chi connectivity index (χ1v) is 10.4. The van der Waals surface area contributed by atoms with Gasteiger partial charge in [0, 0.05) is 43.5 Å². The van der Waals surface area contributed by atoms with Crippen LogP contribution in [0.1, 0.15) is 15.4 Å². The van der Waals surface area contributed by atoms with Gasteiger partial charge in [-0.25, -0.2) is 9.59 Å². The molecule has 0 aliphatic carbocycles. The molecule has 2 aromatic rings. The SMILES string of the molecule is COc1cc(C(=O)N2C[C@@H]3CN(Cc4cccs4)CCO[C@@H]3C2)on1.O=C(O)C(=O)O. The molecule has 2 N–H and O–H groups in total. The van der Waals surface area contributed by atoms with Gasteiger partial charge in [-0.05, 0) is 16.6 Å². The van der Waals surface area contributed by atoms with E-state index in [9.17, 15) is 4.79 Å². The third-order valence-corrected chi connectivity index (χ3v) is 5.81. The molecule has 4 heterocycles. The Morgan fingerprint density at radius 2 is 2.03 bits per heavy atom. The minimum absolute atomic E-state index is 0.0853. The fourth-order valence-electron chi connectivity index (χ4n) is 3.51. The molecule has 2 aliphatic rings. The van der Waals surface area contributed by atoms with Crippen molar-refractivity contribution in [3.8, 4) is 5.88 Å². The van der Waals surface area contributed by atoms with Crippen molar-refractivity contribution in [1.29, 1.82) is 0 Å². The molecule has 2 aliphatic heterocycles. The van der Waals surface area contributed by atoms with Gasteiger partial charge in [0.25, 0.3) is 11.8 Å². The number of rotatable bonds is 4. The van der Waals surface area contributed by atoms with E-state index in [1.165, 1.54) is 18.1 Å². The van der Waals surface area contributed by atoms with E-state index < -0.39 is 11.9 Å². The summed E-state index contributed by atoms with van der Waals surface area (Å²) in [6.07, 6.45) is 0.0853. The van der Waals surface area contributed by atoms with Gasteiger partial charge < -0.3 is 29.1 Å². The first-order valence-electron chi connectivity index (χ1n) is 9.50. The Kier molecular flexibility index (Phi) is 7.60. The first-order chi connectivity index (χ1) is 14.9. The van der Waals surface area contributed by atoms with Crippen LogP contribution in [0.15, 0.2) is 28.1 Å². The predicted molar refractivity (Wildman–Crippen MR) is 107 cm³/mol. The molecule has 11 nitrogen and oxygen atoms in total. The van der Waals surface area contributed by atoms with Crippen LogP contribution in [-0.4, -0.2) is 89.0 Å². The van der Waals surface area contributed by atoms with E-state index in [0.29, 0.717) is 31.5 Å². The Hall–Kier alpha value is -2.96.